The molecule has 0 aliphatic carbocycles. The monoisotopic (exact) mass is 219 g/mol. The average molecular weight is 219 g/mol. The Hall–Kier alpha value is -0.120. The topological polar surface area (TPSA) is 64.1 Å². The lowest BCUT2D eigenvalue weighted by molar-refractivity contribution is 0.480. The first kappa shape index (κ1) is 20.3. The summed E-state index contributed by atoms with van der Waals surface area (Å²) in [4.78, 5) is 0. The second-order valence-electron chi connectivity index (χ2n) is 3.68. The molecule has 3 heteroatoms. The van der Waals surface area contributed by atoms with Crippen LogP contribution in [0.3, 0.4) is 0 Å². The van der Waals surface area contributed by atoms with E-state index in [9.17, 15) is 0 Å². The summed E-state index contributed by atoms with van der Waals surface area (Å²) in [7, 11) is 0. The van der Waals surface area contributed by atoms with E-state index in [-0.39, 0.29) is 7.43 Å². The van der Waals surface area contributed by atoms with E-state index in [0.717, 1.165) is 12.5 Å². The fourth-order valence-electron chi connectivity index (χ4n) is 1.33. The first-order valence-corrected chi connectivity index (χ1v) is 5.83. The number of rotatable bonds is 7. The van der Waals surface area contributed by atoms with Crippen molar-refractivity contribution in [1.82, 2.24) is 5.32 Å². The molecule has 0 aliphatic heterocycles. The van der Waals surface area contributed by atoms with E-state index in [0.29, 0.717) is 13.2 Å². The largest absolute Gasteiger partial charge is 0.329 e. The van der Waals surface area contributed by atoms with E-state index >= 15 is 0 Å². The van der Waals surface area contributed by atoms with Crippen LogP contribution in [0.2, 0.25) is 0 Å². The van der Waals surface area contributed by atoms with Gasteiger partial charge in [-0.05, 0) is 5.92 Å². The van der Waals surface area contributed by atoms with Gasteiger partial charge in [0.1, 0.15) is 0 Å². The third-order valence-corrected chi connectivity index (χ3v) is 2.03. The van der Waals surface area contributed by atoms with Gasteiger partial charge < -0.3 is 16.8 Å². The summed E-state index contributed by atoms with van der Waals surface area (Å²) in [5.41, 5.74) is 10.1. The van der Waals surface area contributed by atoms with Crippen molar-refractivity contribution < 1.29 is 0 Å². The highest BCUT2D eigenvalue weighted by molar-refractivity contribution is 4.48. The number of hydrogen-bond acceptors (Lipinski definition) is 3. The molecule has 5 N–H and O–H groups in total. The summed E-state index contributed by atoms with van der Waals surface area (Å²) < 4.78 is 0. The minimum Gasteiger partial charge on any atom is -0.329 e. The molecule has 0 rings (SSSR count). The van der Waals surface area contributed by atoms with Crippen LogP contribution in [-0.2, 0) is 0 Å². The maximum absolute atomic E-state index is 5.10. The smallest absolute Gasteiger partial charge is 0.0429 e. The first-order chi connectivity index (χ1) is 6.72. The van der Waals surface area contributed by atoms with Gasteiger partial charge in [0.05, 0.1) is 0 Å². The molecule has 0 radical (unpaired) electrons. The second-order valence-corrected chi connectivity index (χ2v) is 3.68. The molecule has 0 fully saturated rings. The van der Waals surface area contributed by atoms with Crippen LogP contribution in [0.1, 0.15) is 53.9 Å². The standard InChI is InChI=1S/C8H18.C3H11N3.CH4/c1-4-6-8(3)7-5-2;4-1-2-6-3-5;/h8H,4-7H2,1-3H3;6H,1-5H2;1H4. The Balaban J connectivity index is -0.000000187. The fourth-order valence-corrected chi connectivity index (χ4v) is 1.33. The summed E-state index contributed by atoms with van der Waals surface area (Å²) in [5.74, 6) is 0.963. The van der Waals surface area contributed by atoms with E-state index < -0.39 is 0 Å². The summed E-state index contributed by atoms with van der Waals surface area (Å²) in [6.07, 6.45) is 5.52. The van der Waals surface area contributed by atoms with Gasteiger partial charge in [0.15, 0.2) is 0 Å². The minimum atomic E-state index is 0. The molecule has 15 heavy (non-hydrogen) atoms. The molecule has 0 aromatic heterocycles. The van der Waals surface area contributed by atoms with E-state index in [1.807, 2.05) is 0 Å². The van der Waals surface area contributed by atoms with Crippen molar-refractivity contribution in [3.63, 3.8) is 0 Å². The Morgan fingerprint density at radius 3 is 1.73 bits per heavy atom. The molecule has 96 valence electrons. The third kappa shape index (κ3) is 24.8. The SMILES string of the molecule is C.CCCC(C)CCC.NCCNCN. The fraction of sp³-hybridized carbons (Fsp3) is 1.00. The predicted octanol–water partition coefficient (Wildman–Crippen LogP) is 2.31. The van der Waals surface area contributed by atoms with Gasteiger partial charge in [-0.3, -0.25) is 0 Å². The van der Waals surface area contributed by atoms with E-state index in [1.165, 1.54) is 25.7 Å². The summed E-state index contributed by atoms with van der Waals surface area (Å²) in [6.45, 7) is 8.86. The van der Waals surface area contributed by atoms with Gasteiger partial charge in [0.25, 0.3) is 0 Å². The van der Waals surface area contributed by atoms with Crippen LogP contribution < -0.4 is 16.8 Å². The molecule has 0 unspecified atom stereocenters. The molecule has 0 amide bonds. The third-order valence-electron chi connectivity index (χ3n) is 2.03. The highest BCUT2D eigenvalue weighted by Crippen LogP contribution is 2.10. The Morgan fingerprint density at radius 1 is 1.07 bits per heavy atom. The van der Waals surface area contributed by atoms with Crippen LogP contribution in [0.4, 0.5) is 0 Å². The van der Waals surface area contributed by atoms with Crippen LogP contribution in [0, 0.1) is 5.92 Å². The molecule has 3 nitrogen and oxygen atoms in total. The quantitative estimate of drug-likeness (QED) is 0.455. The minimum absolute atomic E-state index is 0. The average Bonchev–Trinajstić information content (AvgIpc) is 2.16. The van der Waals surface area contributed by atoms with Crippen molar-refractivity contribution in [3.8, 4) is 0 Å². The molecule has 0 aliphatic rings. The summed E-state index contributed by atoms with van der Waals surface area (Å²) in [5, 5.41) is 2.85. The summed E-state index contributed by atoms with van der Waals surface area (Å²) >= 11 is 0. The first-order valence-electron chi connectivity index (χ1n) is 5.83. The van der Waals surface area contributed by atoms with Gasteiger partial charge in [0.2, 0.25) is 0 Å². The highest BCUT2D eigenvalue weighted by atomic mass is 15.0. The maximum Gasteiger partial charge on any atom is 0.0429 e. The van der Waals surface area contributed by atoms with Crippen molar-refractivity contribution in [2.45, 2.75) is 53.9 Å². The Kier molecular flexibility index (Phi) is 26.3. The molecule has 0 heterocycles. The highest BCUT2D eigenvalue weighted by Gasteiger charge is 1.95. The molecule has 0 bridgehead atoms. The number of hydrogen-bond donors (Lipinski definition) is 3. The maximum atomic E-state index is 5.10. The summed E-state index contributed by atoms with van der Waals surface area (Å²) in [6, 6.07) is 0. The molecular formula is C12H33N3. The van der Waals surface area contributed by atoms with Crippen molar-refractivity contribution >= 4 is 0 Å². The van der Waals surface area contributed by atoms with Crippen molar-refractivity contribution in [1.29, 1.82) is 0 Å². The zero-order chi connectivity index (χ0) is 11.2. The zero-order valence-electron chi connectivity index (χ0n) is 10.2. The molecule has 0 aromatic rings. The molecule has 0 saturated carbocycles. The Labute approximate surface area is 97.0 Å². The van der Waals surface area contributed by atoms with Crippen LogP contribution in [0.5, 0.6) is 0 Å². The van der Waals surface area contributed by atoms with Gasteiger partial charge in [-0.1, -0.05) is 53.9 Å². The lowest BCUT2D eigenvalue weighted by Gasteiger charge is -2.05. The van der Waals surface area contributed by atoms with Gasteiger partial charge in [-0.2, -0.15) is 0 Å². The molecule has 0 aromatic carbocycles. The van der Waals surface area contributed by atoms with Crippen LogP contribution in [-0.4, -0.2) is 19.8 Å². The second kappa shape index (κ2) is 19.5. The van der Waals surface area contributed by atoms with Crippen LogP contribution in [0.25, 0.3) is 0 Å². The Bertz CT molecular complexity index is 76.9. The lowest BCUT2D eigenvalue weighted by atomic mass is 10.0. The van der Waals surface area contributed by atoms with Crippen molar-refractivity contribution in [2.75, 3.05) is 19.8 Å². The van der Waals surface area contributed by atoms with Gasteiger partial charge in [-0.25, -0.2) is 0 Å². The molecule has 0 spiro atoms. The molecule has 0 saturated heterocycles. The van der Waals surface area contributed by atoms with Crippen molar-refractivity contribution in [3.05, 3.63) is 0 Å². The predicted molar refractivity (Wildman–Crippen MR) is 71.8 cm³/mol. The zero-order valence-corrected chi connectivity index (χ0v) is 10.2. The lowest BCUT2D eigenvalue weighted by Crippen LogP contribution is -2.27. The number of nitrogens with one attached hydrogen (secondary N) is 1. The normalized spacial score (nSPS) is 9.20. The molecular weight excluding hydrogens is 186 g/mol. The van der Waals surface area contributed by atoms with E-state index in [2.05, 4.69) is 26.1 Å². The van der Waals surface area contributed by atoms with Gasteiger partial charge >= 0.3 is 0 Å². The van der Waals surface area contributed by atoms with E-state index in [4.69, 9.17) is 11.5 Å². The van der Waals surface area contributed by atoms with Crippen molar-refractivity contribution in [2.24, 2.45) is 17.4 Å². The molecule has 0 atom stereocenters. The van der Waals surface area contributed by atoms with Gasteiger partial charge in [-0.15, -0.1) is 0 Å². The van der Waals surface area contributed by atoms with Gasteiger partial charge in [0, 0.05) is 19.8 Å². The Morgan fingerprint density at radius 2 is 1.53 bits per heavy atom. The number of nitrogens with two attached hydrogens (primary N) is 2. The van der Waals surface area contributed by atoms with E-state index in [1.54, 1.807) is 0 Å². The van der Waals surface area contributed by atoms with Crippen LogP contribution >= 0.6 is 0 Å². The van der Waals surface area contributed by atoms with Crippen LogP contribution in [0.15, 0.2) is 0 Å².